The van der Waals surface area contributed by atoms with Crippen molar-refractivity contribution in [3.05, 3.63) is 67.2 Å². The molecular weight excluding hydrogens is 354 g/mol. The molecule has 0 atom stereocenters. The van der Waals surface area contributed by atoms with Gasteiger partial charge in [-0.25, -0.2) is 0 Å². The van der Waals surface area contributed by atoms with Gasteiger partial charge in [0.25, 0.3) is 17.3 Å². The van der Waals surface area contributed by atoms with E-state index in [0.29, 0.717) is 11.3 Å². The lowest BCUT2D eigenvalue weighted by Gasteiger charge is -2.08. The summed E-state index contributed by atoms with van der Waals surface area (Å²) in [5, 5.41) is 24.0. The molecule has 130 valence electrons. The van der Waals surface area contributed by atoms with Crippen LogP contribution in [0.25, 0.3) is 0 Å². The summed E-state index contributed by atoms with van der Waals surface area (Å²) in [6.45, 7) is 1.19. The molecule has 25 heavy (non-hydrogen) atoms. The van der Waals surface area contributed by atoms with Gasteiger partial charge in [0.15, 0.2) is 6.61 Å². The van der Waals surface area contributed by atoms with Gasteiger partial charge < -0.3 is 10.1 Å². The smallest absolute Gasteiger partial charge is 0.289 e. The van der Waals surface area contributed by atoms with E-state index < -0.39 is 15.8 Å². The van der Waals surface area contributed by atoms with E-state index >= 15 is 0 Å². The van der Waals surface area contributed by atoms with Crippen molar-refractivity contribution in [1.82, 2.24) is 0 Å². The molecular formula is C15H12ClN3O6. The molecule has 0 unspecified atom stereocenters. The zero-order valence-corrected chi connectivity index (χ0v) is 13.6. The summed E-state index contributed by atoms with van der Waals surface area (Å²) in [6, 6.07) is 7.96. The number of ether oxygens (including phenoxy) is 1. The molecule has 0 saturated heterocycles. The Morgan fingerprint density at radius 1 is 1.12 bits per heavy atom. The summed E-state index contributed by atoms with van der Waals surface area (Å²) in [5.41, 5.74) is 0.220. The second-order valence-electron chi connectivity index (χ2n) is 4.97. The number of hydrogen-bond donors (Lipinski definition) is 1. The van der Waals surface area contributed by atoms with Crippen molar-refractivity contribution < 1.29 is 19.4 Å². The van der Waals surface area contributed by atoms with Gasteiger partial charge in [0.05, 0.1) is 9.85 Å². The molecule has 0 saturated carbocycles. The highest BCUT2D eigenvalue weighted by atomic mass is 35.5. The highest BCUT2D eigenvalue weighted by molar-refractivity contribution is 6.32. The van der Waals surface area contributed by atoms with Gasteiger partial charge in [0.1, 0.15) is 10.8 Å². The number of anilines is 1. The number of nitrogens with zero attached hydrogens (tertiary/aromatic N) is 2. The van der Waals surface area contributed by atoms with Crippen LogP contribution in [-0.4, -0.2) is 22.4 Å². The fraction of sp³-hybridized carbons (Fsp3) is 0.133. The van der Waals surface area contributed by atoms with Crippen molar-refractivity contribution in [2.24, 2.45) is 0 Å². The molecule has 0 aliphatic rings. The Labute approximate surface area is 146 Å². The summed E-state index contributed by atoms with van der Waals surface area (Å²) in [4.78, 5) is 32.3. The van der Waals surface area contributed by atoms with Crippen LogP contribution in [0.5, 0.6) is 5.75 Å². The van der Waals surface area contributed by atoms with E-state index in [2.05, 4.69) is 5.32 Å². The van der Waals surface area contributed by atoms with Crippen molar-refractivity contribution >= 4 is 34.6 Å². The zero-order chi connectivity index (χ0) is 18.6. The Balaban J connectivity index is 1.99. The van der Waals surface area contributed by atoms with E-state index in [0.717, 1.165) is 6.07 Å². The van der Waals surface area contributed by atoms with E-state index in [1.54, 1.807) is 6.92 Å². The molecule has 9 nitrogen and oxygen atoms in total. The molecule has 0 radical (unpaired) electrons. The van der Waals surface area contributed by atoms with Gasteiger partial charge in [-0.1, -0.05) is 11.6 Å². The van der Waals surface area contributed by atoms with Gasteiger partial charge in [-0.3, -0.25) is 25.0 Å². The van der Waals surface area contributed by atoms with Gasteiger partial charge in [0.2, 0.25) is 0 Å². The summed E-state index contributed by atoms with van der Waals surface area (Å²) in [7, 11) is 0. The molecule has 0 aliphatic carbocycles. The Kier molecular flexibility index (Phi) is 5.50. The number of rotatable bonds is 6. The Bertz CT molecular complexity index is 855. The van der Waals surface area contributed by atoms with Gasteiger partial charge in [-0.2, -0.15) is 0 Å². The first kappa shape index (κ1) is 18.1. The third-order valence-electron chi connectivity index (χ3n) is 3.16. The lowest BCUT2D eigenvalue weighted by Crippen LogP contribution is -2.20. The lowest BCUT2D eigenvalue weighted by atomic mass is 10.2. The highest BCUT2D eigenvalue weighted by Crippen LogP contribution is 2.27. The first-order chi connectivity index (χ1) is 11.8. The quantitative estimate of drug-likeness (QED) is 0.617. The molecule has 10 heteroatoms. The Morgan fingerprint density at radius 3 is 2.40 bits per heavy atom. The number of hydrogen-bond acceptors (Lipinski definition) is 6. The zero-order valence-electron chi connectivity index (χ0n) is 12.9. The number of nitro benzene ring substituents is 2. The van der Waals surface area contributed by atoms with Crippen molar-refractivity contribution in [3.8, 4) is 5.75 Å². The van der Waals surface area contributed by atoms with Crippen LogP contribution in [0.15, 0.2) is 36.4 Å². The van der Waals surface area contributed by atoms with E-state index in [-0.39, 0.29) is 28.7 Å². The fourth-order valence-corrected chi connectivity index (χ4v) is 2.19. The number of aryl methyl sites for hydroxylation is 1. The summed E-state index contributed by atoms with van der Waals surface area (Å²) < 4.78 is 5.26. The molecule has 2 rings (SSSR count). The van der Waals surface area contributed by atoms with Gasteiger partial charge in [-0.15, -0.1) is 0 Å². The third-order valence-corrected chi connectivity index (χ3v) is 3.48. The van der Waals surface area contributed by atoms with E-state index in [1.165, 1.54) is 30.3 Å². The SMILES string of the molecule is Cc1cc(OCC(=O)Nc2ccc(Cl)c([N+](=O)[O-])c2)ccc1[N+](=O)[O-]. The molecule has 2 aromatic carbocycles. The predicted molar refractivity (Wildman–Crippen MR) is 90.1 cm³/mol. The first-order valence-corrected chi connectivity index (χ1v) is 7.27. The highest BCUT2D eigenvalue weighted by Gasteiger charge is 2.15. The monoisotopic (exact) mass is 365 g/mol. The number of carbonyl (C=O) groups excluding carboxylic acids is 1. The maximum Gasteiger partial charge on any atom is 0.289 e. The third kappa shape index (κ3) is 4.64. The summed E-state index contributed by atoms with van der Waals surface area (Å²) >= 11 is 5.69. The van der Waals surface area contributed by atoms with Crippen LogP contribution in [0.3, 0.4) is 0 Å². The van der Waals surface area contributed by atoms with E-state index in [1.807, 2.05) is 0 Å². The Hall–Kier alpha value is -3.20. The normalized spacial score (nSPS) is 10.2. The van der Waals surface area contributed by atoms with Gasteiger partial charge in [-0.05, 0) is 31.2 Å². The molecule has 0 heterocycles. The standard InChI is InChI=1S/C15H12ClN3O6/c1-9-6-11(3-5-13(9)18(21)22)25-8-15(20)17-10-2-4-12(16)14(7-10)19(23)24/h2-7H,8H2,1H3,(H,17,20). The van der Waals surface area contributed by atoms with Crippen LogP contribution in [0.1, 0.15) is 5.56 Å². The number of nitrogens with one attached hydrogen (secondary N) is 1. The molecule has 0 fully saturated rings. The number of nitro groups is 2. The van der Waals surface area contributed by atoms with Crippen LogP contribution in [0.2, 0.25) is 5.02 Å². The average molecular weight is 366 g/mol. The van der Waals surface area contributed by atoms with Crippen LogP contribution < -0.4 is 10.1 Å². The maximum atomic E-state index is 11.9. The second kappa shape index (κ2) is 7.58. The first-order valence-electron chi connectivity index (χ1n) is 6.89. The molecule has 0 spiro atoms. The number of halogens is 1. The van der Waals surface area contributed by atoms with Crippen molar-refractivity contribution in [2.75, 3.05) is 11.9 Å². The minimum atomic E-state index is -0.659. The molecule has 2 aromatic rings. The minimum absolute atomic E-state index is 0.0411. The summed E-state index contributed by atoms with van der Waals surface area (Å²) in [6.07, 6.45) is 0. The van der Waals surface area contributed by atoms with Crippen LogP contribution in [0.4, 0.5) is 17.1 Å². The molecule has 0 bridgehead atoms. The van der Waals surface area contributed by atoms with Gasteiger partial charge in [0, 0.05) is 23.4 Å². The summed E-state index contributed by atoms with van der Waals surface area (Å²) in [5.74, 6) is -0.257. The number of amides is 1. The number of carbonyl (C=O) groups is 1. The molecule has 1 N–H and O–H groups in total. The fourth-order valence-electron chi connectivity index (χ4n) is 2.00. The minimum Gasteiger partial charge on any atom is -0.484 e. The number of benzene rings is 2. The maximum absolute atomic E-state index is 11.9. The van der Waals surface area contributed by atoms with E-state index in [9.17, 15) is 25.0 Å². The van der Waals surface area contributed by atoms with Crippen LogP contribution in [0, 0.1) is 27.2 Å². The van der Waals surface area contributed by atoms with Crippen molar-refractivity contribution in [2.45, 2.75) is 6.92 Å². The molecule has 0 aromatic heterocycles. The molecule has 1 amide bonds. The van der Waals surface area contributed by atoms with Crippen molar-refractivity contribution in [1.29, 1.82) is 0 Å². The van der Waals surface area contributed by atoms with Crippen LogP contribution in [-0.2, 0) is 4.79 Å². The second-order valence-corrected chi connectivity index (χ2v) is 5.37. The van der Waals surface area contributed by atoms with Crippen molar-refractivity contribution in [3.63, 3.8) is 0 Å². The van der Waals surface area contributed by atoms with Gasteiger partial charge >= 0.3 is 0 Å². The Morgan fingerprint density at radius 2 is 1.80 bits per heavy atom. The predicted octanol–water partition coefficient (Wildman–Crippen LogP) is 3.48. The largest absolute Gasteiger partial charge is 0.484 e. The van der Waals surface area contributed by atoms with E-state index in [4.69, 9.17) is 16.3 Å². The average Bonchev–Trinajstić information content (AvgIpc) is 2.54. The topological polar surface area (TPSA) is 125 Å². The molecule has 0 aliphatic heterocycles. The van der Waals surface area contributed by atoms with Crippen LogP contribution >= 0.6 is 11.6 Å². The lowest BCUT2D eigenvalue weighted by molar-refractivity contribution is -0.385.